The van der Waals surface area contributed by atoms with Crippen LogP contribution in [0.15, 0.2) is 53.4 Å². The van der Waals surface area contributed by atoms with E-state index in [2.05, 4.69) is 10.6 Å². The van der Waals surface area contributed by atoms with E-state index < -0.39 is 24.0 Å². The zero-order valence-electron chi connectivity index (χ0n) is 14.1. The minimum absolute atomic E-state index is 0.146. The number of halogens is 1. The lowest BCUT2D eigenvalue weighted by molar-refractivity contribution is -0.129. The number of hydrogen-bond acceptors (Lipinski definition) is 5. The van der Waals surface area contributed by atoms with Crippen LogP contribution in [0.4, 0.5) is 4.79 Å². The molecular formula is C18H17ClN2O4S. The molecule has 2 aromatic rings. The van der Waals surface area contributed by atoms with Gasteiger partial charge in [0, 0.05) is 17.5 Å². The average molecular weight is 393 g/mol. The van der Waals surface area contributed by atoms with Crippen molar-refractivity contribution in [2.24, 2.45) is 0 Å². The molecule has 3 amide bonds. The fourth-order valence-corrected chi connectivity index (χ4v) is 2.73. The van der Waals surface area contributed by atoms with Gasteiger partial charge in [0.15, 0.2) is 0 Å². The monoisotopic (exact) mass is 392 g/mol. The van der Waals surface area contributed by atoms with Gasteiger partial charge < -0.3 is 10.1 Å². The van der Waals surface area contributed by atoms with Crippen LogP contribution in [0.2, 0.25) is 5.02 Å². The van der Waals surface area contributed by atoms with E-state index in [0.29, 0.717) is 5.56 Å². The molecule has 26 heavy (non-hydrogen) atoms. The molecule has 0 aromatic heterocycles. The van der Waals surface area contributed by atoms with E-state index in [9.17, 15) is 14.4 Å². The Balaban J connectivity index is 2.30. The van der Waals surface area contributed by atoms with Gasteiger partial charge in [-0.3, -0.25) is 10.1 Å². The van der Waals surface area contributed by atoms with Gasteiger partial charge in [-0.2, -0.15) is 0 Å². The molecule has 8 heteroatoms. The van der Waals surface area contributed by atoms with Crippen LogP contribution in [0.5, 0.6) is 0 Å². The lowest BCUT2D eigenvalue weighted by atomic mass is 10.1. The predicted molar refractivity (Wildman–Crippen MR) is 100 cm³/mol. The SMILES string of the molecule is CNC(=O)NC(=O)[C@H](OC(=O)c1cc(SC)ccc1Cl)c1ccccc1. The standard InChI is InChI=1S/C18H17ClN2O4S/c1-20-18(24)21-16(22)15(11-6-4-3-5-7-11)25-17(23)13-10-12(26-2)8-9-14(13)19/h3-10,15H,1-2H3,(H2,20,21,22,24)/t15-/m1/s1. The number of imide groups is 1. The second-order valence-electron chi connectivity index (χ2n) is 5.11. The number of ether oxygens (including phenoxy) is 1. The maximum Gasteiger partial charge on any atom is 0.340 e. The number of thioether (sulfide) groups is 1. The molecule has 6 nitrogen and oxygen atoms in total. The number of urea groups is 1. The van der Waals surface area contributed by atoms with E-state index in [0.717, 1.165) is 4.90 Å². The molecule has 0 saturated heterocycles. The molecule has 0 fully saturated rings. The van der Waals surface area contributed by atoms with Crippen LogP contribution in [-0.4, -0.2) is 31.2 Å². The third-order valence-electron chi connectivity index (χ3n) is 3.42. The zero-order valence-corrected chi connectivity index (χ0v) is 15.7. The summed E-state index contributed by atoms with van der Waals surface area (Å²) in [7, 11) is 1.37. The quantitative estimate of drug-likeness (QED) is 0.601. The molecule has 0 heterocycles. The topological polar surface area (TPSA) is 84.5 Å². The Hall–Kier alpha value is -2.51. The lowest BCUT2D eigenvalue weighted by Gasteiger charge is -2.18. The van der Waals surface area contributed by atoms with Crippen LogP contribution in [0.3, 0.4) is 0 Å². The summed E-state index contributed by atoms with van der Waals surface area (Å²) in [5.74, 6) is -1.52. The summed E-state index contributed by atoms with van der Waals surface area (Å²) in [5, 5.41) is 4.61. The highest BCUT2D eigenvalue weighted by Crippen LogP contribution is 2.26. The number of hydrogen-bond donors (Lipinski definition) is 2. The molecule has 0 unspecified atom stereocenters. The smallest absolute Gasteiger partial charge is 0.340 e. The number of carbonyl (C=O) groups is 3. The van der Waals surface area contributed by atoms with Crippen molar-refractivity contribution < 1.29 is 19.1 Å². The van der Waals surface area contributed by atoms with Crippen LogP contribution in [0, 0.1) is 0 Å². The van der Waals surface area contributed by atoms with E-state index in [1.165, 1.54) is 18.8 Å². The minimum Gasteiger partial charge on any atom is -0.444 e. The van der Waals surface area contributed by atoms with Crippen molar-refractivity contribution in [2.75, 3.05) is 13.3 Å². The van der Waals surface area contributed by atoms with Crippen molar-refractivity contribution in [3.05, 3.63) is 64.7 Å². The summed E-state index contributed by atoms with van der Waals surface area (Å²) in [6, 6.07) is 12.7. The molecule has 0 aliphatic carbocycles. The van der Waals surface area contributed by atoms with E-state index in [1.807, 2.05) is 6.26 Å². The highest BCUT2D eigenvalue weighted by Gasteiger charge is 2.27. The number of amides is 3. The summed E-state index contributed by atoms with van der Waals surface area (Å²) >= 11 is 7.53. The van der Waals surface area contributed by atoms with Crippen molar-refractivity contribution in [3.63, 3.8) is 0 Å². The molecule has 136 valence electrons. The van der Waals surface area contributed by atoms with Gasteiger partial charge in [0.1, 0.15) is 0 Å². The highest BCUT2D eigenvalue weighted by atomic mass is 35.5. The van der Waals surface area contributed by atoms with E-state index in [-0.39, 0.29) is 10.6 Å². The molecule has 0 spiro atoms. The Morgan fingerprint density at radius 1 is 1.12 bits per heavy atom. The first-order chi connectivity index (χ1) is 12.5. The largest absolute Gasteiger partial charge is 0.444 e. The summed E-state index contributed by atoms with van der Waals surface area (Å²) in [6.07, 6.45) is 0.567. The van der Waals surface area contributed by atoms with Crippen LogP contribution in [-0.2, 0) is 9.53 Å². The number of rotatable bonds is 5. The summed E-state index contributed by atoms with van der Waals surface area (Å²) in [4.78, 5) is 37.3. The Bertz CT molecular complexity index is 814. The summed E-state index contributed by atoms with van der Waals surface area (Å²) in [6.45, 7) is 0. The third-order valence-corrected chi connectivity index (χ3v) is 4.48. The molecule has 0 radical (unpaired) electrons. The van der Waals surface area contributed by atoms with Gasteiger partial charge >= 0.3 is 12.0 Å². The highest BCUT2D eigenvalue weighted by molar-refractivity contribution is 7.98. The Morgan fingerprint density at radius 3 is 2.42 bits per heavy atom. The van der Waals surface area contributed by atoms with Crippen molar-refractivity contribution >= 4 is 41.3 Å². The van der Waals surface area contributed by atoms with Crippen LogP contribution in [0.1, 0.15) is 22.0 Å². The lowest BCUT2D eigenvalue weighted by Crippen LogP contribution is -2.41. The van der Waals surface area contributed by atoms with Gasteiger partial charge in [-0.15, -0.1) is 11.8 Å². The molecule has 1 atom stereocenters. The van der Waals surface area contributed by atoms with Gasteiger partial charge in [-0.25, -0.2) is 9.59 Å². The van der Waals surface area contributed by atoms with E-state index >= 15 is 0 Å². The van der Waals surface area contributed by atoms with Crippen molar-refractivity contribution in [1.82, 2.24) is 10.6 Å². The van der Waals surface area contributed by atoms with E-state index in [4.69, 9.17) is 16.3 Å². The van der Waals surface area contributed by atoms with Crippen molar-refractivity contribution in [1.29, 1.82) is 0 Å². The van der Waals surface area contributed by atoms with Crippen LogP contribution >= 0.6 is 23.4 Å². The predicted octanol–water partition coefficient (Wildman–Crippen LogP) is 3.42. The average Bonchev–Trinajstić information content (AvgIpc) is 2.66. The fraction of sp³-hybridized carbons (Fsp3) is 0.167. The number of carbonyl (C=O) groups excluding carboxylic acids is 3. The van der Waals surface area contributed by atoms with Gasteiger partial charge in [0.05, 0.1) is 10.6 Å². The first-order valence-corrected chi connectivity index (χ1v) is 9.18. The Morgan fingerprint density at radius 2 is 1.81 bits per heavy atom. The number of benzene rings is 2. The Labute approximate surface area is 160 Å². The Kier molecular flexibility index (Phi) is 7.06. The molecule has 0 saturated carbocycles. The summed E-state index contributed by atoms with van der Waals surface area (Å²) in [5.41, 5.74) is 0.576. The second-order valence-corrected chi connectivity index (χ2v) is 6.40. The van der Waals surface area contributed by atoms with Gasteiger partial charge in [-0.05, 0) is 24.5 Å². The maximum atomic E-state index is 12.6. The first-order valence-electron chi connectivity index (χ1n) is 7.58. The van der Waals surface area contributed by atoms with Crippen LogP contribution < -0.4 is 10.6 Å². The second kappa shape index (κ2) is 9.26. The zero-order chi connectivity index (χ0) is 19.1. The molecule has 0 aliphatic rings. The van der Waals surface area contributed by atoms with Gasteiger partial charge in [0.2, 0.25) is 6.10 Å². The molecule has 2 aromatic carbocycles. The molecule has 2 N–H and O–H groups in total. The van der Waals surface area contributed by atoms with Gasteiger partial charge in [0.25, 0.3) is 5.91 Å². The minimum atomic E-state index is -1.30. The van der Waals surface area contributed by atoms with Crippen molar-refractivity contribution in [3.8, 4) is 0 Å². The first kappa shape index (κ1) is 19.8. The number of nitrogens with one attached hydrogen (secondary N) is 2. The molecule has 0 bridgehead atoms. The van der Waals surface area contributed by atoms with E-state index in [1.54, 1.807) is 48.5 Å². The normalized spacial score (nSPS) is 11.3. The third kappa shape index (κ3) is 5.00. The summed E-state index contributed by atoms with van der Waals surface area (Å²) < 4.78 is 5.39. The van der Waals surface area contributed by atoms with Crippen LogP contribution in [0.25, 0.3) is 0 Å². The molecular weight excluding hydrogens is 376 g/mol. The maximum absolute atomic E-state index is 12.6. The molecule has 2 rings (SSSR count). The van der Waals surface area contributed by atoms with Gasteiger partial charge in [-0.1, -0.05) is 41.9 Å². The van der Waals surface area contributed by atoms with Crippen molar-refractivity contribution in [2.45, 2.75) is 11.0 Å². The number of esters is 1. The molecule has 0 aliphatic heterocycles. The fourth-order valence-electron chi connectivity index (χ4n) is 2.10.